The molecule has 0 N–H and O–H groups in total. The van der Waals surface area contributed by atoms with Crippen molar-refractivity contribution in [2.75, 3.05) is 13.2 Å². The molecule has 1 heterocycles. The van der Waals surface area contributed by atoms with E-state index in [1.807, 2.05) is 25.3 Å². The van der Waals surface area contributed by atoms with Gasteiger partial charge in [-0.3, -0.25) is 14.9 Å². The first kappa shape index (κ1) is 22.8. The minimum Gasteiger partial charge on any atom is -0.462 e. The van der Waals surface area contributed by atoms with Crippen LogP contribution in [0, 0.1) is 24.0 Å². The topological polar surface area (TPSA) is 118 Å². The summed E-state index contributed by atoms with van der Waals surface area (Å²) in [5.74, 6) is -2.12. The molecule has 2 aromatic rings. The zero-order chi connectivity index (χ0) is 22.4. The second-order valence-electron chi connectivity index (χ2n) is 6.68. The van der Waals surface area contributed by atoms with Gasteiger partial charge in [0.25, 0.3) is 5.69 Å². The van der Waals surface area contributed by atoms with E-state index < -0.39 is 29.2 Å². The van der Waals surface area contributed by atoms with Gasteiger partial charge in [-0.1, -0.05) is 6.92 Å². The Balaban J connectivity index is 2.20. The van der Waals surface area contributed by atoms with Crippen molar-refractivity contribution in [1.82, 2.24) is 4.57 Å². The van der Waals surface area contributed by atoms with Gasteiger partial charge in [0.1, 0.15) is 0 Å². The average Bonchev–Trinajstić information content (AvgIpc) is 3.00. The van der Waals surface area contributed by atoms with Crippen LogP contribution in [0.1, 0.15) is 62.7 Å². The van der Waals surface area contributed by atoms with Crippen molar-refractivity contribution in [3.05, 3.63) is 62.5 Å². The Labute approximate surface area is 173 Å². The molecule has 2 rings (SSSR count). The van der Waals surface area contributed by atoms with E-state index in [0.29, 0.717) is 5.56 Å². The highest BCUT2D eigenvalue weighted by Crippen LogP contribution is 2.20. The van der Waals surface area contributed by atoms with Gasteiger partial charge in [-0.25, -0.2) is 9.59 Å². The number of benzene rings is 1. The van der Waals surface area contributed by atoms with Crippen molar-refractivity contribution < 1.29 is 28.8 Å². The van der Waals surface area contributed by atoms with Crippen LogP contribution < -0.4 is 0 Å². The molecule has 0 aliphatic heterocycles. The van der Waals surface area contributed by atoms with Crippen molar-refractivity contribution in [3.8, 4) is 0 Å². The second kappa shape index (κ2) is 9.82. The molecule has 0 fully saturated rings. The van der Waals surface area contributed by atoms with Gasteiger partial charge in [0.2, 0.25) is 5.78 Å². The van der Waals surface area contributed by atoms with Crippen LogP contribution in [0.2, 0.25) is 0 Å². The first-order valence-electron chi connectivity index (χ1n) is 9.53. The molecule has 0 aliphatic carbocycles. The fourth-order valence-corrected chi connectivity index (χ4v) is 3.11. The highest BCUT2D eigenvalue weighted by atomic mass is 16.6. The number of ketones is 1. The SMILES string of the molecule is CCCn1c(C)cc(C(=O)COC(=O)c2cc(C(=O)OCC)cc([N+](=O)[O-])c2)c1C. The number of non-ortho nitro benzene ring substituents is 1. The molecule has 0 saturated carbocycles. The van der Waals surface area contributed by atoms with Gasteiger partial charge < -0.3 is 14.0 Å². The molecule has 1 aromatic heterocycles. The van der Waals surface area contributed by atoms with E-state index in [0.717, 1.165) is 42.6 Å². The predicted octanol–water partition coefficient (Wildman–Crippen LogP) is 3.64. The van der Waals surface area contributed by atoms with Gasteiger partial charge in [0.15, 0.2) is 6.61 Å². The van der Waals surface area contributed by atoms with Crippen LogP contribution in [0.3, 0.4) is 0 Å². The van der Waals surface area contributed by atoms with E-state index in [1.54, 1.807) is 13.0 Å². The van der Waals surface area contributed by atoms with Gasteiger partial charge in [0, 0.05) is 35.6 Å². The van der Waals surface area contributed by atoms with Crippen molar-refractivity contribution in [1.29, 1.82) is 0 Å². The zero-order valence-electron chi connectivity index (χ0n) is 17.4. The van der Waals surface area contributed by atoms with Crippen LogP contribution >= 0.6 is 0 Å². The largest absolute Gasteiger partial charge is 0.462 e. The maximum atomic E-state index is 12.5. The molecule has 0 unspecified atom stereocenters. The van der Waals surface area contributed by atoms with Crippen molar-refractivity contribution in [3.63, 3.8) is 0 Å². The van der Waals surface area contributed by atoms with E-state index in [-0.39, 0.29) is 23.5 Å². The van der Waals surface area contributed by atoms with E-state index in [9.17, 15) is 24.5 Å². The Bertz CT molecular complexity index is 991. The zero-order valence-corrected chi connectivity index (χ0v) is 17.4. The van der Waals surface area contributed by atoms with Gasteiger partial charge in [-0.2, -0.15) is 0 Å². The number of hydrogen-bond acceptors (Lipinski definition) is 7. The number of Topliss-reactive ketones (excluding diaryl/α,β-unsaturated/α-hetero) is 1. The number of hydrogen-bond donors (Lipinski definition) is 0. The Hall–Kier alpha value is -3.49. The third-order valence-corrected chi connectivity index (χ3v) is 4.53. The number of esters is 2. The average molecular weight is 416 g/mol. The molecule has 0 spiro atoms. The normalized spacial score (nSPS) is 10.5. The molecule has 0 bridgehead atoms. The molecule has 160 valence electrons. The molecular weight excluding hydrogens is 392 g/mol. The second-order valence-corrected chi connectivity index (χ2v) is 6.68. The van der Waals surface area contributed by atoms with E-state index in [1.165, 1.54) is 0 Å². The summed E-state index contributed by atoms with van der Waals surface area (Å²) in [5.41, 5.74) is 1.36. The van der Waals surface area contributed by atoms with Gasteiger partial charge in [0.05, 0.1) is 22.7 Å². The Morgan fingerprint density at radius 2 is 1.60 bits per heavy atom. The molecule has 30 heavy (non-hydrogen) atoms. The lowest BCUT2D eigenvalue weighted by Crippen LogP contribution is -2.16. The first-order valence-corrected chi connectivity index (χ1v) is 9.53. The highest BCUT2D eigenvalue weighted by molar-refractivity contribution is 6.01. The van der Waals surface area contributed by atoms with Crippen molar-refractivity contribution >= 4 is 23.4 Å². The number of aryl methyl sites for hydroxylation is 1. The number of nitrogens with zero attached hydrogens (tertiary/aromatic N) is 2. The third kappa shape index (κ3) is 5.11. The summed E-state index contributed by atoms with van der Waals surface area (Å²) in [6.45, 7) is 7.67. The molecule has 0 saturated heterocycles. The smallest absolute Gasteiger partial charge is 0.338 e. The van der Waals surface area contributed by atoms with Crippen molar-refractivity contribution in [2.45, 2.75) is 40.7 Å². The number of carbonyl (C=O) groups is 3. The van der Waals surface area contributed by atoms with Crippen LogP contribution in [-0.4, -0.2) is 40.4 Å². The van der Waals surface area contributed by atoms with Crippen LogP contribution in [0.15, 0.2) is 24.3 Å². The van der Waals surface area contributed by atoms with E-state index in [4.69, 9.17) is 9.47 Å². The number of rotatable bonds is 9. The fraction of sp³-hybridized carbons (Fsp3) is 0.381. The molecule has 0 amide bonds. The summed E-state index contributed by atoms with van der Waals surface area (Å²) in [6.07, 6.45) is 0.911. The van der Waals surface area contributed by atoms with Crippen LogP contribution in [-0.2, 0) is 16.0 Å². The molecule has 9 heteroatoms. The minimum atomic E-state index is -0.944. The van der Waals surface area contributed by atoms with Gasteiger partial charge >= 0.3 is 11.9 Å². The molecule has 1 aromatic carbocycles. The maximum absolute atomic E-state index is 12.5. The quantitative estimate of drug-likeness (QED) is 0.265. The van der Waals surface area contributed by atoms with Crippen LogP contribution in [0.25, 0.3) is 0 Å². The van der Waals surface area contributed by atoms with Crippen molar-refractivity contribution in [2.24, 2.45) is 0 Å². The third-order valence-electron chi connectivity index (χ3n) is 4.53. The number of aromatic nitrogens is 1. The summed E-state index contributed by atoms with van der Waals surface area (Å²) in [7, 11) is 0. The van der Waals surface area contributed by atoms with Gasteiger partial charge in [-0.05, 0) is 39.3 Å². The minimum absolute atomic E-state index is 0.0756. The number of nitro benzene ring substituents is 1. The van der Waals surface area contributed by atoms with Crippen LogP contribution in [0.4, 0.5) is 5.69 Å². The summed E-state index contributed by atoms with van der Waals surface area (Å²) < 4.78 is 11.9. The molecular formula is C21H24N2O7. The summed E-state index contributed by atoms with van der Waals surface area (Å²) in [4.78, 5) is 47.2. The highest BCUT2D eigenvalue weighted by Gasteiger charge is 2.21. The molecule has 9 nitrogen and oxygen atoms in total. The molecule has 0 radical (unpaired) electrons. The van der Waals surface area contributed by atoms with Crippen LogP contribution in [0.5, 0.6) is 0 Å². The molecule has 0 aliphatic rings. The summed E-state index contributed by atoms with van der Waals surface area (Å²) >= 11 is 0. The Morgan fingerprint density at radius 1 is 1.00 bits per heavy atom. The lowest BCUT2D eigenvalue weighted by atomic mass is 10.1. The number of carbonyl (C=O) groups excluding carboxylic acids is 3. The fourth-order valence-electron chi connectivity index (χ4n) is 3.11. The number of nitro groups is 1. The lowest BCUT2D eigenvalue weighted by Gasteiger charge is -2.08. The Kier molecular flexibility index (Phi) is 7.46. The number of ether oxygens (including phenoxy) is 2. The Morgan fingerprint density at radius 3 is 2.13 bits per heavy atom. The van der Waals surface area contributed by atoms with Gasteiger partial charge in [-0.15, -0.1) is 0 Å². The van der Waals surface area contributed by atoms with E-state index >= 15 is 0 Å². The summed E-state index contributed by atoms with van der Waals surface area (Å²) in [5, 5.41) is 11.1. The summed E-state index contributed by atoms with van der Waals surface area (Å²) in [6, 6.07) is 4.89. The predicted molar refractivity (Wildman–Crippen MR) is 108 cm³/mol. The first-order chi connectivity index (χ1) is 14.2. The van der Waals surface area contributed by atoms with E-state index in [2.05, 4.69) is 0 Å². The molecule has 0 atom stereocenters. The lowest BCUT2D eigenvalue weighted by molar-refractivity contribution is -0.384. The standard InChI is InChI=1S/C21H24N2O7/c1-5-7-22-13(3)8-18(14(22)4)19(24)12-30-21(26)16-9-15(20(25)29-6-2)10-17(11-16)23(27)28/h8-11H,5-7,12H2,1-4H3. The maximum Gasteiger partial charge on any atom is 0.338 e. The monoisotopic (exact) mass is 416 g/mol.